The summed E-state index contributed by atoms with van der Waals surface area (Å²) in [6.07, 6.45) is 1.63. The number of H-pyrrole nitrogens is 1. The van der Waals surface area contributed by atoms with Crippen LogP contribution in [0, 0.1) is 4.77 Å². The second kappa shape index (κ2) is 4.71. The maximum Gasteiger partial charge on any atom is 0.268 e. The van der Waals surface area contributed by atoms with Crippen LogP contribution in [0.15, 0.2) is 51.9 Å². The number of nitrogens with one attached hydrogen (secondary N) is 1. The minimum Gasteiger partial charge on any atom is -0.331 e. The van der Waals surface area contributed by atoms with Crippen molar-refractivity contribution in [3.8, 4) is 5.82 Å². The molecule has 3 aromatic rings. The average molecular weight is 334 g/mol. The van der Waals surface area contributed by atoms with Crippen molar-refractivity contribution in [1.29, 1.82) is 0 Å². The fourth-order valence-electron chi connectivity index (χ4n) is 1.88. The number of aromatic nitrogens is 3. The summed E-state index contributed by atoms with van der Waals surface area (Å²) in [6, 6.07) is 10.8. The van der Waals surface area contributed by atoms with E-state index in [0.717, 1.165) is 4.47 Å². The largest absolute Gasteiger partial charge is 0.331 e. The van der Waals surface area contributed by atoms with Gasteiger partial charge < -0.3 is 4.98 Å². The van der Waals surface area contributed by atoms with Crippen LogP contribution in [0.4, 0.5) is 0 Å². The van der Waals surface area contributed by atoms with E-state index in [4.69, 9.17) is 12.2 Å². The van der Waals surface area contributed by atoms with E-state index in [-0.39, 0.29) is 5.56 Å². The van der Waals surface area contributed by atoms with Gasteiger partial charge in [0.1, 0.15) is 5.82 Å². The van der Waals surface area contributed by atoms with Crippen LogP contribution in [0.25, 0.3) is 16.7 Å². The average Bonchev–Trinajstić information content (AvgIpc) is 2.41. The van der Waals surface area contributed by atoms with E-state index >= 15 is 0 Å². The van der Waals surface area contributed by atoms with Gasteiger partial charge in [0, 0.05) is 10.7 Å². The van der Waals surface area contributed by atoms with Crippen LogP contribution in [0.1, 0.15) is 0 Å². The molecule has 3 rings (SSSR count). The minimum atomic E-state index is -0.182. The fraction of sp³-hybridized carbons (Fsp3) is 0. The molecule has 0 atom stereocenters. The van der Waals surface area contributed by atoms with Crippen molar-refractivity contribution in [2.45, 2.75) is 0 Å². The molecule has 0 aliphatic heterocycles. The van der Waals surface area contributed by atoms with Crippen LogP contribution in [0.5, 0.6) is 0 Å². The van der Waals surface area contributed by atoms with Gasteiger partial charge in [-0.3, -0.25) is 4.79 Å². The Balaban J connectivity index is 2.44. The number of nitrogens with zero attached hydrogens (tertiary/aromatic N) is 2. The summed E-state index contributed by atoms with van der Waals surface area (Å²) in [5.41, 5.74) is 0.532. The van der Waals surface area contributed by atoms with Gasteiger partial charge >= 0.3 is 0 Å². The Morgan fingerprint density at radius 1 is 1.26 bits per heavy atom. The van der Waals surface area contributed by atoms with Gasteiger partial charge in [-0.2, -0.15) is 0 Å². The standard InChI is InChI=1S/C13H8BrN3OS/c14-8-4-5-10-9(7-8)12(18)17(13(19)16-10)11-3-1-2-6-15-11/h1-7H,(H,16,19). The molecule has 0 fully saturated rings. The molecular formula is C13H8BrN3OS. The first-order valence-electron chi connectivity index (χ1n) is 5.53. The van der Waals surface area contributed by atoms with Crippen LogP contribution in [-0.2, 0) is 0 Å². The predicted octanol–water partition coefficient (Wildman–Crippen LogP) is 3.21. The third kappa shape index (κ3) is 2.13. The van der Waals surface area contributed by atoms with Crippen LogP contribution < -0.4 is 5.56 Å². The number of fused-ring (bicyclic) bond motifs is 1. The van der Waals surface area contributed by atoms with Crippen molar-refractivity contribution in [2.75, 3.05) is 0 Å². The maximum absolute atomic E-state index is 12.5. The third-order valence-corrected chi connectivity index (χ3v) is 3.52. The molecule has 0 amide bonds. The van der Waals surface area contributed by atoms with Gasteiger partial charge in [0.15, 0.2) is 4.77 Å². The van der Waals surface area contributed by atoms with E-state index in [1.165, 1.54) is 4.57 Å². The third-order valence-electron chi connectivity index (χ3n) is 2.74. The zero-order chi connectivity index (χ0) is 13.4. The van der Waals surface area contributed by atoms with Crippen molar-refractivity contribution >= 4 is 39.1 Å². The van der Waals surface area contributed by atoms with Crippen molar-refractivity contribution in [3.05, 3.63) is 62.2 Å². The Morgan fingerprint density at radius 2 is 2.11 bits per heavy atom. The van der Waals surface area contributed by atoms with Gasteiger partial charge in [-0.05, 0) is 42.5 Å². The Kier molecular flexibility index (Phi) is 3.04. The summed E-state index contributed by atoms with van der Waals surface area (Å²) in [7, 11) is 0. The molecule has 1 aromatic carbocycles. The Bertz CT molecular complexity index is 870. The number of rotatable bonds is 1. The van der Waals surface area contributed by atoms with E-state index < -0.39 is 0 Å². The van der Waals surface area contributed by atoms with E-state index in [1.54, 1.807) is 24.4 Å². The number of hydrogen-bond donors (Lipinski definition) is 1. The van der Waals surface area contributed by atoms with E-state index in [1.807, 2.05) is 18.2 Å². The SMILES string of the molecule is O=c1c2cc(Br)ccc2[nH]c(=S)n1-c1ccccn1. The zero-order valence-corrected chi connectivity index (χ0v) is 12.0. The Labute approximate surface area is 121 Å². The monoisotopic (exact) mass is 333 g/mol. The lowest BCUT2D eigenvalue weighted by molar-refractivity contribution is 0.901. The summed E-state index contributed by atoms with van der Waals surface area (Å²) in [6.45, 7) is 0. The first kappa shape index (κ1) is 12.3. The van der Waals surface area contributed by atoms with Crippen LogP contribution in [0.2, 0.25) is 0 Å². The minimum absolute atomic E-state index is 0.182. The molecule has 0 radical (unpaired) electrons. The molecule has 0 bridgehead atoms. The highest BCUT2D eigenvalue weighted by Gasteiger charge is 2.08. The van der Waals surface area contributed by atoms with Gasteiger partial charge in [-0.25, -0.2) is 9.55 Å². The topological polar surface area (TPSA) is 50.7 Å². The predicted molar refractivity (Wildman–Crippen MR) is 80.2 cm³/mol. The van der Waals surface area contributed by atoms with E-state index in [2.05, 4.69) is 25.9 Å². The van der Waals surface area contributed by atoms with Crippen LogP contribution in [0.3, 0.4) is 0 Å². The molecule has 2 aromatic heterocycles. The molecule has 0 aliphatic rings. The highest BCUT2D eigenvalue weighted by molar-refractivity contribution is 9.10. The number of benzene rings is 1. The second-order valence-electron chi connectivity index (χ2n) is 3.95. The smallest absolute Gasteiger partial charge is 0.268 e. The Hall–Kier alpha value is -1.79. The van der Waals surface area contributed by atoms with Gasteiger partial charge in [0.05, 0.1) is 10.9 Å². The molecule has 94 valence electrons. The molecule has 0 unspecified atom stereocenters. The van der Waals surface area contributed by atoms with Crippen molar-refractivity contribution < 1.29 is 0 Å². The van der Waals surface area contributed by atoms with Gasteiger partial charge in [-0.15, -0.1) is 0 Å². The molecule has 0 spiro atoms. The van der Waals surface area contributed by atoms with E-state index in [0.29, 0.717) is 21.5 Å². The van der Waals surface area contributed by atoms with Gasteiger partial charge in [-0.1, -0.05) is 22.0 Å². The number of hydrogen-bond acceptors (Lipinski definition) is 3. The second-order valence-corrected chi connectivity index (χ2v) is 5.25. The fourth-order valence-corrected chi connectivity index (χ4v) is 2.53. The molecule has 0 saturated carbocycles. The molecule has 0 saturated heterocycles. The summed E-state index contributed by atoms with van der Waals surface area (Å²) in [5.74, 6) is 0.510. The molecule has 4 nitrogen and oxygen atoms in total. The number of halogens is 1. The molecular weight excluding hydrogens is 326 g/mol. The lowest BCUT2D eigenvalue weighted by Gasteiger charge is -2.07. The summed E-state index contributed by atoms with van der Waals surface area (Å²) >= 11 is 8.60. The summed E-state index contributed by atoms with van der Waals surface area (Å²) in [4.78, 5) is 19.7. The van der Waals surface area contributed by atoms with Crippen LogP contribution in [-0.4, -0.2) is 14.5 Å². The quantitative estimate of drug-likeness (QED) is 0.695. The maximum atomic E-state index is 12.5. The highest BCUT2D eigenvalue weighted by Crippen LogP contribution is 2.16. The summed E-state index contributed by atoms with van der Waals surface area (Å²) in [5, 5.41) is 0.564. The van der Waals surface area contributed by atoms with E-state index in [9.17, 15) is 4.79 Å². The van der Waals surface area contributed by atoms with Gasteiger partial charge in [0.2, 0.25) is 0 Å². The first-order chi connectivity index (χ1) is 9.16. The van der Waals surface area contributed by atoms with Gasteiger partial charge in [0.25, 0.3) is 5.56 Å². The molecule has 2 heterocycles. The number of pyridine rings is 1. The normalized spacial score (nSPS) is 10.8. The molecule has 1 N–H and O–H groups in total. The van der Waals surface area contributed by atoms with Crippen molar-refractivity contribution in [3.63, 3.8) is 0 Å². The zero-order valence-electron chi connectivity index (χ0n) is 9.63. The van der Waals surface area contributed by atoms with Crippen molar-refractivity contribution in [2.24, 2.45) is 0 Å². The highest BCUT2D eigenvalue weighted by atomic mass is 79.9. The molecule has 0 aliphatic carbocycles. The Morgan fingerprint density at radius 3 is 2.84 bits per heavy atom. The first-order valence-corrected chi connectivity index (χ1v) is 6.73. The lowest BCUT2D eigenvalue weighted by atomic mass is 10.2. The molecule has 19 heavy (non-hydrogen) atoms. The lowest BCUT2D eigenvalue weighted by Crippen LogP contribution is -2.21. The summed E-state index contributed by atoms with van der Waals surface area (Å²) < 4.78 is 2.57. The van der Waals surface area contributed by atoms with Crippen molar-refractivity contribution in [1.82, 2.24) is 14.5 Å². The number of aromatic amines is 1. The molecule has 6 heteroatoms. The van der Waals surface area contributed by atoms with Crippen LogP contribution >= 0.6 is 28.1 Å².